The minimum Gasteiger partial charge on any atom is -0.384 e. The highest BCUT2D eigenvalue weighted by atomic mass is 16.2. The van der Waals surface area contributed by atoms with Crippen LogP contribution in [0.3, 0.4) is 0 Å². The Kier molecular flexibility index (Phi) is 4.69. The fourth-order valence-corrected chi connectivity index (χ4v) is 1.71. The number of carbonyl (C=O) groups excluding carboxylic acids is 1. The van der Waals surface area contributed by atoms with E-state index in [0.717, 1.165) is 0 Å². The van der Waals surface area contributed by atoms with Crippen molar-refractivity contribution in [2.24, 2.45) is 0 Å². The molecule has 0 saturated heterocycles. The number of aliphatic hydroxyl groups excluding tert-OH is 1. The van der Waals surface area contributed by atoms with Crippen molar-refractivity contribution in [3.05, 3.63) is 42.0 Å². The molecule has 6 heteroatoms. The lowest BCUT2D eigenvalue weighted by atomic mass is 10.1. The monoisotopic (exact) mass is 284 g/mol. The first-order valence-electron chi connectivity index (χ1n) is 6.51. The normalized spacial score (nSPS) is 10.1. The van der Waals surface area contributed by atoms with Gasteiger partial charge in [-0.1, -0.05) is 11.8 Å². The Labute approximate surface area is 122 Å². The summed E-state index contributed by atoms with van der Waals surface area (Å²) >= 11 is 0. The Hall–Kier alpha value is -2.65. The lowest BCUT2D eigenvalue weighted by molar-refractivity contribution is 0.102. The van der Waals surface area contributed by atoms with Gasteiger partial charge in [0.15, 0.2) is 0 Å². The number of anilines is 1. The fourth-order valence-electron chi connectivity index (χ4n) is 1.71. The maximum atomic E-state index is 12.3. The SMILES string of the molecule is CC(C)n1cc(NC(=O)c2ccncc2C#CCO)cn1. The van der Waals surface area contributed by atoms with Crippen LogP contribution >= 0.6 is 0 Å². The standard InChI is InChI=1S/C15H16N4O2/c1-11(2)19-10-13(9-17-19)18-15(21)14-5-6-16-8-12(14)4-3-7-20/h5-6,8-11,20H,7H2,1-2H3,(H,18,21). The molecule has 0 radical (unpaired) electrons. The van der Waals surface area contributed by atoms with Crippen molar-refractivity contribution in [1.29, 1.82) is 0 Å². The van der Waals surface area contributed by atoms with Crippen molar-refractivity contribution >= 4 is 11.6 Å². The number of hydrogen-bond donors (Lipinski definition) is 2. The van der Waals surface area contributed by atoms with Gasteiger partial charge < -0.3 is 10.4 Å². The number of pyridine rings is 1. The molecule has 0 aliphatic rings. The van der Waals surface area contributed by atoms with Crippen LogP contribution in [-0.2, 0) is 0 Å². The average Bonchev–Trinajstić information content (AvgIpc) is 2.94. The average molecular weight is 284 g/mol. The molecule has 2 aromatic rings. The van der Waals surface area contributed by atoms with Gasteiger partial charge in [-0.2, -0.15) is 5.10 Å². The Morgan fingerprint density at radius 1 is 1.48 bits per heavy atom. The third-order valence-corrected chi connectivity index (χ3v) is 2.76. The Bertz CT molecular complexity index is 695. The van der Waals surface area contributed by atoms with Crippen LogP contribution in [0, 0.1) is 11.8 Å². The molecule has 0 spiro atoms. The minimum atomic E-state index is -0.289. The highest BCUT2D eigenvalue weighted by Gasteiger charge is 2.11. The van der Waals surface area contributed by atoms with Gasteiger partial charge in [-0.25, -0.2) is 0 Å². The van der Waals surface area contributed by atoms with E-state index >= 15 is 0 Å². The molecule has 2 heterocycles. The second-order valence-electron chi connectivity index (χ2n) is 4.64. The molecule has 2 N–H and O–H groups in total. The summed E-state index contributed by atoms with van der Waals surface area (Å²) in [5.74, 6) is 4.93. The Balaban J connectivity index is 2.20. The van der Waals surface area contributed by atoms with Crippen LogP contribution in [0.25, 0.3) is 0 Å². The Morgan fingerprint density at radius 2 is 2.29 bits per heavy atom. The first-order valence-corrected chi connectivity index (χ1v) is 6.51. The van der Waals surface area contributed by atoms with E-state index in [1.165, 1.54) is 12.4 Å². The highest BCUT2D eigenvalue weighted by Crippen LogP contribution is 2.13. The molecule has 0 aliphatic heterocycles. The molecule has 2 rings (SSSR count). The summed E-state index contributed by atoms with van der Waals surface area (Å²) in [5.41, 5.74) is 1.50. The topological polar surface area (TPSA) is 80.0 Å². The van der Waals surface area contributed by atoms with Gasteiger partial charge in [0.25, 0.3) is 5.91 Å². The van der Waals surface area contributed by atoms with Gasteiger partial charge in [0.05, 0.1) is 23.0 Å². The molecule has 0 saturated carbocycles. The van der Waals surface area contributed by atoms with Gasteiger partial charge >= 0.3 is 0 Å². The second-order valence-corrected chi connectivity index (χ2v) is 4.64. The zero-order valence-corrected chi connectivity index (χ0v) is 11.9. The molecule has 0 bridgehead atoms. The van der Waals surface area contributed by atoms with Crippen LogP contribution in [0.1, 0.15) is 35.8 Å². The first kappa shape index (κ1) is 14.8. The number of aliphatic hydroxyl groups is 1. The molecule has 6 nitrogen and oxygen atoms in total. The Morgan fingerprint density at radius 3 is 2.95 bits per heavy atom. The van der Waals surface area contributed by atoms with Crippen molar-refractivity contribution in [2.75, 3.05) is 11.9 Å². The largest absolute Gasteiger partial charge is 0.384 e. The van der Waals surface area contributed by atoms with Crippen molar-refractivity contribution in [1.82, 2.24) is 14.8 Å². The van der Waals surface area contributed by atoms with E-state index in [0.29, 0.717) is 16.8 Å². The molecular formula is C15H16N4O2. The quantitative estimate of drug-likeness (QED) is 0.836. The number of hydrogen-bond acceptors (Lipinski definition) is 4. The van der Waals surface area contributed by atoms with Crippen LogP contribution in [0.2, 0.25) is 0 Å². The zero-order valence-electron chi connectivity index (χ0n) is 11.9. The predicted molar refractivity (Wildman–Crippen MR) is 78.8 cm³/mol. The minimum absolute atomic E-state index is 0.225. The number of rotatable bonds is 3. The molecule has 108 valence electrons. The second kappa shape index (κ2) is 6.68. The number of aromatic nitrogens is 3. The van der Waals surface area contributed by atoms with Gasteiger partial charge in [0.1, 0.15) is 6.61 Å². The lowest BCUT2D eigenvalue weighted by Gasteiger charge is -2.05. The molecule has 0 atom stereocenters. The van der Waals surface area contributed by atoms with E-state index in [4.69, 9.17) is 5.11 Å². The number of amides is 1. The van der Waals surface area contributed by atoms with Crippen molar-refractivity contribution in [2.45, 2.75) is 19.9 Å². The third kappa shape index (κ3) is 3.68. The van der Waals surface area contributed by atoms with Gasteiger partial charge in [-0.15, -0.1) is 0 Å². The van der Waals surface area contributed by atoms with Gasteiger partial charge in [0.2, 0.25) is 0 Å². The smallest absolute Gasteiger partial charge is 0.257 e. The molecule has 0 fully saturated rings. The summed E-state index contributed by atoms with van der Waals surface area (Å²) in [7, 11) is 0. The molecular weight excluding hydrogens is 268 g/mol. The summed E-state index contributed by atoms with van der Waals surface area (Å²) in [6, 6.07) is 1.81. The van der Waals surface area contributed by atoms with Crippen LogP contribution in [0.15, 0.2) is 30.9 Å². The van der Waals surface area contributed by atoms with E-state index in [-0.39, 0.29) is 18.6 Å². The van der Waals surface area contributed by atoms with Gasteiger partial charge in [0, 0.05) is 24.6 Å². The first-order chi connectivity index (χ1) is 10.1. The van der Waals surface area contributed by atoms with Gasteiger partial charge in [-0.3, -0.25) is 14.5 Å². The van der Waals surface area contributed by atoms with Crippen molar-refractivity contribution in [3.8, 4) is 11.8 Å². The van der Waals surface area contributed by atoms with E-state index in [1.807, 2.05) is 13.8 Å². The summed E-state index contributed by atoms with van der Waals surface area (Å²) < 4.78 is 1.76. The van der Waals surface area contributed by atoms with Crippen molar-refractivity contribution < 1.29 is 9.90 Å². The van der Waals surface area contributed by atoms with E-state index in [1.54, 1.807) is 23.1 Å². The molecule has 1 amide bonds. The molecule has 0 aromatic carbocycles. The summed E-state index contributed by atoms with van der Waals surface area (Å²) in [5, 5.41) is 15.7. The lowest BCUT2D eigenvalue weighted by Crippen LogP contribution is -2.13. The van der Waals surface area contributed by atoms with Gasteiger partial charge in [-0.05, 0) is 19.9 Å². The third-order valence-electron chi connectivity index (χ3n) is 2.76. The van der Waals surface area contributed by atoms with Crippen LogP contribution in [-0.4, -0.2) is 32.4 Å². The zero-order chi connectivity index (χ0) is 15.2. The molecule has 0 aliphatic carbocycles. The predicted octanol–water partition coefficient (Wildman–Crippen LogP) is 1.46. The van der Waals surface area contributed by atoms with Crippen molar-refractivity contribution in [3.63, 3.8) is 0 Å². The van der Waals surface area contributed by atoms with E-state index < -0.39 is 0 Å². The fraction of sp³-hybridized carbons (Fsp3) is 0.267. The van der Waals surface area contributed by atoms with Crippen LogP contribution < -0.4 is 5.32 Å². The van der Waals surface area contributed by atoms with Crippen LogP contribution in [0.5, 0.6) is 0 Å². The summed E-state index contributed by atoms with van der Waals surface area (Å²) in [4.78, 5) is 16.2. The molecule has 21 heavy (non-hydrogen) atoms. The number of carbonyl (C=O) groups is 1. The summed E-state index contributed by atoms with van der Waals surface area (Å²) in [6.07, 6.45) is 6.38. The van der Waals surface area contributed by atoms with E-state index in [2.05, 4.69) is 27.2 Å². The van der Waals surface area contributed by atoms with Crippen LogP contribution in [0.4, 0.5) is 5.69 Å². The number of nitrogens with zero attached hydrogens (tertiary/aromatic N) is 3. The van der Waals surface area contributed by atoms with E-state index in [9.17, 15) is 4.79 Å². The molecule has 2 aromatic heterocycles. The maximum Gasteiger partial charge on any atom is 0.257 e. The molecule has 0 unspecified atom stereocenters. The number of nitrogens with one attached hydrogen (secondary N) is 1. The maximum absolute atomic E-state index is 12.3. The summed E-state index contributed by atoms with van der Waals surface area (Å²) in [6.45, 7) is 3.74. The highest BCUT2D eigenvalue weighted by molar-refractivity contribution is 6.05.